The summed E-state index contributed by atoms with van der Waals surface area (Å²) in [5, 5.41) is -0.274. The molecule has 0 aliphatic heterocycles. The van der Waals surface area contributed by atoms with Crippen LogP contribution in [0.25, 0.3) is 0 Å². The second-order valence-corrected chi connectivity index (χ2v) is 3.31. The molecule has 0 N–H and O–H groups in total. The van der Waals surface area contributed by atoms with Gasteiger partial charge in [0.25, 0.3) is 6.43 Å². The van der Waals surface area contributed by atoms with Crippen molar-refractivity contribution in [2.75, 3.05) is 13.7 Å². The first-order valence-electron chi connectivity index (χ1n) is 4.70. The van der Waals surface area contributed by atoms with E-state index in [2.05, 4.69) is 9.72 Å². The molecule has 7 heteroatoms. The van der Waals surface area contributed by atoms with Crippen LogP contribution in [0.1, 0.15) is 29.3 Å². The molecule has 1 heterocycles. The Morgan fingerprint density at radius 1 is 1.59 bits per heavy atom. The molecule has 0 unspecified atom stereocenters. The third-order valence-electron chi connectivity index (χ3n) is 1.92. The normalized spacial score (nSPS) is 10.5. The molecule has 17 heavy (non-hydrogen) atoms. The molecule has 1 rings (SSSR count). The lowest BCUT2D eigenvalue weighted by Gasteiger charge is -2.11. The van der Waals surface area contributed by atoms with E-state index in [1.165, 1.54) is 7.11 Å². The fourth-order valence-corrected chi connectivity index (χ4v) is 1.51. The average Bonchev–Trinajstić information content (AvgIpc) is 2.28. The Hall–Kier alpha value is -1.43. The Labute approximate surface area is 101 Å². The van der Waals surface area contributed by atoms with Crippen LogP contribution in [-0.4, -0.2) is 24.7 Å². The van der Waals surface area contributed by atoms with E-state index in [1.807, 2.05) is 0 Å². The standard InChI is InChI=1S/C10H10ClF2NO3/c1-3-17-10(15)6-5(8(12)13)4-14-9(16-2)7(6)11/h4,8H,3H2,1-2H3. The number of pyridine rings is 1. The topological polar surface area (TPSA) is 48.4 Å². The molecule has 0 aliphatic carbocycles. The van der Waals surface area contributed by atoms with E-state index >= 15 is 0 Å². The zero-order chi connectivity index (χ0) is 13.0. The molecule has 0 radical (unpaired) electrons. The molecule has 0 aromatic carbocycles. The summed E-state index contributed by atoms with van der Waals surface area (Å²) in [5.41, 5.74) is -0.982. The summed E-state index contributed by atoms with van der Waals surface area (Å²) in [7, 11) is 1.27. The van der Waals surface area contributed by atoms with Crippen LogP contribution in [0.2, 0.25) is 5.02 Å². The summed E-state index contributed by atoms with van der Waals surface area (Å²) >= 11 is 5.77. The minimum absolute atomic E-state index is 0.0580. The lowest BCUT2D eigenvalue weighted by molar-refractivity contribution is 0.0515. The zero-order valence-electron chi connectivity index (χ0n) is 9.17. The van der Waals surface area contributed by atoms with Crippen LogP contribution in [0.5, 0.6) is 5.88 Å². The molecule has 4 nitrogen and oxygen atoms in total. The molecule has 0 saturated carbocycles. The molecule has 0 atom stereocenters. The van der Waals surface area contributed by atoms with Crippen molar-refractivity contribution in [1.82, 2.24) is 4.98 Å². The van der Waals surface area contributed by atoms with Crippen LogP contribution >= 0.6 is 11.6 Å². The molecule has 0 bridgehead atoms. The molecule has 1 aromatic heterocycles. The number of carbonyl (C=O) groups is 1. The van der Waals surface area contributed by atoms with Gasteiger partial charge in [-0.15, -0.1) is 0 Å². The maximum absolute atomic E-state index is 12.7. The van der Waals surface area contributed by atoms with E-state index in [9.17, 15) is 13.6 Å². The van der Waals surface area contributed by atoms with Gasteiger partial charge in [-0.2, -0.15) is 0 Å². The fraction of sp³-hybridized carbons (Fsp3) is 0.400. The van der Waals surface area contributed by atoms with Crippen molar-refractivity contribution in [3.8, 4) is 5.88 Å². The highest BCUT2D eigenvalue weighted by Crippen LogP contribution is 2.33. The van der Waals surface area contributed by atoms with Crippen molar-refractivity contribution in [3.63, 3.8) is 0 Å². The Morgan fingerprint density at radius 2 is 2.24 bits per heavy atom. The van der Waals surface area contributed by atoms with Crippen molar-refractivity contribution in [2.24, 2.45) is 0 Å². The van der Waals surface area contributed by atoms with Crippen LogP contribution in [0.15, 0.2) is 6.20 Å². The molecule has 0 fully saturated rings. The lowest BCUT2D eigenvalue weighted by atomic mass is 10.1. The number of ether oxygens (including phenoxy) is 2. The van der Waals surface area contributed by atoms with Crippen LogP contribution in [0.4, 0.5) is 8.78 Å². The Morgan fingerprint density at radius 3 is 2.71 bits per heavy atom. The number of rotatable bonds is 4. The van der Waals surface area contributed by atoms with Crippen molar-refractivity contribution in [1.29, 1.82) is 0 Å². The minimum Gasteiger partial charge on any atom is -0.480 e. The summed E-state index contributed by atoms with van der Waals surface area (Å²) in [4.78, 5) is 15.1. The summed E-state index contributed by atoms with van der Waals surface area (Å²) in [6.07, 6.45) is -2.02. The van der Waals surface area contributed by atoms with Gasteiger partial charge in [-0.1, -0.05) is 11.6 Å². The summed E-state index contributed by atoms with van der Waals surface area (Å²) in [5.74, 6) is -1.02. The monoisotopic (exact) mass is 265 g/mol. The predicted octanol–water partition coefficient (Wildman–Crippen LogP) is 2.86. The highest BCUT2D eigenvalue weighted by atomic mass is 35.5. The Bertz CT molecular complexity index is 426. The van der Waals surface area contributed by atoms with E-state index < -0.39 is 23.5 Å². The third-order valence-corrected chi connectivity index (χ3v) is 2.28. The second-order valence-electron chi connectivity index (χ2n) is 2.93. The first-order chi connectivity index (χ1) is 8.02. The average molecular weight is 266 g/mol. The van der Waals surface area contributed by atoms with Gasteiger partial charge in [0.15, 0.2) is 0 Å². The second kappa shape index (κ2) is 5.77. The molecule has 0 saturated heterocycles. The number of methoxy groups -OCH3 is 1. The summed E-state index contributed by atoms with van der Waals surface area (Å²) < 4.78 is 34.8. The van der Waals surface area contributed by atoms with Gasteiger partial charge < -0.3 is 9.47 Å². The highest BCUT2D eigenvalue weighted by molar-refractivity contribution is 6.35. The van der Waals surface area contributed by atoms with Gasteiger partial charge in [0.1, 0.15) is 5.02 Å². The molecule has 0 spiro atoms. The van der Waals surface area contributed by atoms with E-state index in [1.54, 1.807) is 6.92 Å². The minimum atomic E-state index is -2.87. The van der Waals surface area contributed by atoms with Gasteiger partial charge in [0.2, 0.25) is 5.88 Å². The number of nitrogens with zero attached hydrogens (tertiary/aromatic N) is 1. The van der Waals surface area contributed by atoms with Gasteiger partial charge in [0, 0.05) is 6.20 Å². The van der Waals surface area contributed by atoms with Gasteiger partial charge in [-0.3, -0.25) is 0 Å². The first kappa shape index (κ1) is 13.6. The number of halogens is 3. The molecular weight excluding hydrogens is 256 g/mol. The maximum atomic E-state index is 12.7. The number of esters is 1. The lowest BCUT2D eigenvalue weighted by Crippen LogP contribution is -2.11. The zero-order valence-corrected chi connectivity index (χ0v) is 9.92. The van der Waals surface area contributed by atoms with E-state index in [0.717, 1.165) is 6.20 Å². The maximum Gasteiger partial charge on any atom is 0.340 e. The number of aromatic nitrogens is 1. The fourth-order valence-electron chi connectivity index (χ4n) is 1.20. The first-order valence-corrected chi connectivity index (χ1v) is 5.08. The van der Waals surface area contributed by atoms with Crippen LogP contribution in [-0.2, 0) is 4.74 Å². The quantitative estimate of drug-likeness (QED) is 0.786. The molecule has 94 valence electrons. The predicted molar refractivity (Wildman–Crippen MR) is 56.7 cm³/mol. The van der Waals surface area contributed by atoms with Crippen LogP contribution in [0, 0.1) is 0 Å². The third kappa shape index (κ3) is 2.82. The number of hydrogen-bond acceptors (Lipinski definition) is 4. The van der Waals surface area contributed by atoms with E-state index in [-0.39, 0.29) is 17.5 Å². The van der Waals surface area contributed by atoms with Crippen molar-refractivity contribution >= 4 is 17.6 Å². The van der Waals surface area contributed by atoms with Crippen molar-refractivity contribution in [2.45, 2.75) is 13.3 Å². The smallest absolute Gasteiger partial charge is 0.340 e. The van der Waals surface area contributed by atoms with Crippen LogP contribution < -0.4 is 4.74 Å². The van der Waals surface area contributed by atoms with Crippen molar-refractivity contribution in [3.05, 3.63) is 22.3 Å². The SMILES string of the molecule is CCOC(=O)c1c(C(F)F)cnc(OC)c1Cl. The highest BCUT2D eigenvalue weighted by Gasteiger charge is 2.26. The summed E-state index contributed by atoms with van der Waals surface area (Å²) in [6, 6.07) is 0. The van der Waals surface area contributed by atoms with Crippen LogP contribution in [0.3, 0.4) is 0 Å². The Balaban J connectivity index is 3.34. The van der Waals surface area contributed by atoms with Crippen molar-refractivity contribution < 1.29 is 23.0 Å². The molecule has 1 aromatic rings. The van der Waals surface area contributed by atoms with Gasteiger partial charge in [-0.05, 0) is 6.92 Å². The summed E-state index contributed by atoms with van der Waals surface area (Å²) in [6.45, 7) is 1.62. The number of hydrogen-bond donors (Lipinski definition) is 0. The van der Waals surface area contributed by atoms with E-state index in [0.29, 0.717) is 0 Å². The van der Waals surface area contributed by atoms with Gasteiger partial charge in [0.05, 0.1) is 24.8 Å². The number of carbonyl (C=O) groups excluding carboxylic acids is 1. The largest absolute Gasteiger partial charge is 0.480 e. The number of alkyl halides is 2. The molecule has 0 amide bonds. The molecule has 0 aliphatic rings. The Kier molecular flexibility index (Phi) is 4.62. The van der Waals surface area contributed by atoms with Gasteiger partial charge in [-0.25, -0.2) is 18.6 Å². The van der Waals surface area contributed by atoms with Gasteiger partial charge >= 0.3 is 5.97 Å². The molecular formula is C10H10ClF2NO3. The van der Waals surface area contributed by atoms with E-state index in [4.69, 9.17) is 16.3 Å².